The van der Waals surface area contributed by atoms with Crippen LogP contribution in [0.15, 0.2) is 41.0 Å². The van der Waals surface area contributed by atoms with Crippen LogP contribution in [0.2, 0.25) is 0 Å². The maximum absolute atomic E-state index is 12.3. The molecule has 2 aromatic rings. The van der Waals surface area contributed by atoms with Crippen LogP contribution in [0, 0.1) is 0 Å². The Bertz CT molecular complexity index is 785. The molecule has 2 aliphatic heterocycles. The highest BCUT2D eigenvalue weighted by Gasteiger charge is 2.25. The first-order valence-electron chi connectivity index (χ1n) is 7.99. The van der Waals surface area contributed by atoms with Crippen molar-refractivity contribution in [1.29, 1.82) is 0 Å². The summed E-state index contributed by atoms with van der Waals surface area (Å²) in [6, 6.07) is 9.02. The number of rotatable bonds is 2. The predicted molar refractivity (Wildman–Crippen MR) is 95.0 cm³/mol. The van der Waals surface area contributed by atoms with Gasteiger partial charge in [0.1, 0.15) is 0 Å². The fourth-order valence-electron chi connectivity index (χ4n) is 2.85. The SMILES string of the molecule is O=C(c1ccco1)N1CCN(C(=S)Nc2ccc3c(c2)OCO3)CC1. The van der Waals surface area contributed by atoms with E-state index >= 15 is 0 Å². The lowest BCUT2D eigenvalue weighted by atomic mass is 10.2. The van der Waals surface area contributed by atoms with Crippen LogP contribution in [0.3, 0.4) is 0 Å². The molecule has 0 atom stereocenters. The van der Waals surface area contributed by atoms with Crippen molar-refractivity contribution >= 4 is 28.9 Å². The molecule has 0 aliphatic carbocycles. The van der Waals surface area contributed by atoms with Crippen LogP contribution in [0.25, 0.3) is 0 Å². The zero-order valence-corrected chi connectivity index (χ0v) is 14.3. The number of hydrogen-bond acceptors (Lipinski definition) is 5. The topological polar surface area (TPSA) is 67.2 Å². The Morgan fingerprint density at radius 1 is 1.04 bits per heavy atom. The zero-order valence-electron chi connectivity index (χ0n) is 13.4. The predicted octanol–water partition coefficient (Wildman–Crippen LogP) is 2.16. The number of fused-ring (bicyclic) bond motifs is 1. The molecule has 2 aliphatic rings. The van der Waals surface area contributed by atoms with Crippen molar-refractivity contribution in [2.75, 3.05) is 38.3 Å². The molecule has 130 valence electrons. The highest BCUT2D eigenvalue weighted by molar-refractivity contribution is 7.80. The molecular formula is C17H17N3O4S. The molecule has 3 heterocycles. The Hall–Kier alpha value is -2.74. The van der Waals surface area contributed by atoms with E-state index in [1.54, 1.807) is 17.0 Å². The molecule has 1 aromatic heterocycles. The molecule has 1 fully saturated rings. The minimum absolute atomic E-state index is 0.0840. The van der Waals surface area contributed by atoms with Gasteiger partial charge in [-0.3, -0.25) is 4.79 Å². The largest absolute Gasteiger partial charge is 0.459 e. The molecule has 0 saturated carbocycles. The number of nitrogens with one attached hydrogen (secondary N) is 1. The lowest BCUT2D eigenvalue weighted by molar-refractivity contribution is 0.0661. The van der Waals surface area contributed by atoms with Crippen LogP contribution in [-0.2, 0) is 0 Å². The van der Waals surface area contributed by atoms with Gasteiger partial charge in [0.2, 0.25) is 6.79 Å². The van der Waals surface area contributed by atoms with Crippen molar-refractivity contribution in [2.45, 2.75) is 0 Å². The van der Waals surface area contributed by atoms with Crippen molar-refractivity contribution in [1.82, 2.24) is 9.80 Å². The van der Waals surface area contributed by atoms with Gasteiger partial charge in [0, 0.05) is 37.9 Å². The number of carbonyl (C=O) groups is 1. The second-order valence-corrected chi connectivity index (χ2v) is 6.14. The number of thiocarbonyl (C=S) groups is 1. The molecule has 1 N–H and O–H groups in total. The summed E-state index contributed by atoms with van der Waals surface area (Å²) in [7, 11) is 0. The van der Waals surface area contributed by atoms with Crippen molar-refractivity contribution in [3.8, 4) is 11.5 Å². The van der Waals surface area contributed by atoms with Gasteiger partial charge >= 0.3 is 0 Å². The molecule has 8 heteroatoms. The van der Waals surface area contributed by atoms with Crippen LogP contribution in [0.4, 0.5) is 5.69 Å². The summed E-state index contributed by atoms with van der Waals surface area (Å²) in [6.45, 7) is 2.78. The van der Waals surface area contributed by atoms with E-state index in [2.05, 4.69) is 5.32 Å². The van der Waals surface area contributed by atoms with Crippen LogP contribution in [0.5, 0.6) is 11.5 Å². The van der Waals surface area contributed by atoms with E-state index in [9.17, 15) is 4.79 Å². The number of hydrogen-bond donors (Lipinski definition) is 1. The molecular weight excluding hydrogens is 342 g/mol. The van der Waals surface area contributed by atoms with E-state index in [1.165, 1.54) is 6.26 Å². The highest BCUT2D eigenvalue weighted by atomic mass is 32.1. The maximum Gasteiger partial charge on any atom is 0.289 e. The Kier molecular flexibility index (Phi) is 4.19. The van der Waals surface area contributed by atoms with Crippen molar-refractivity contribution in [3.05, 3.63) is 42.4 Å². The van der Waals surface area contributed by atoms with Crippen LogP contribution >= 0.6 is 12.2 Å². The Labute approximate surface area is 150 Å². The van der Waals surface area contributed by atoms with Crippen molar-refractivity contribution in [3.63, 3.8) is 0 Å². The summed E-state index contributed by atoms with van der Waals surface area (Å²) in [6.07, 6.45) is 1.51. The minimum Gasteiger partial charge on any atom is -0.459 e. The smallest absolute Gasteiger partial charge is 0.289 e. The van der Waals surface area contributed by atoms with E-state index < -0.39 is 0 Å². The van der Waals surface area contributed by atoms with Gasteiger partial charge in [0.25, 0.3) is 5.91 Å². The monoisotopic (exact) mass is 359 g/mol. The second kappa shape index (κ2) is 6.64. The molecule has 0 spiro atoms. The molecule has 4 rings (SSSR count). The summed E-state index contributed by atoms with van der Waals surface area (Å²) < 4.78 is 15.8. The summed E-state index contributed by atoms with van der Waals surface area (Å²) >= 11 is 5.49. The number of anilines is 1. The molecule has 1 amide bonds. The van der Waals surface area contributed by atoms with E-state index in [1.807, 2.05) is 23.1 Å². The van der Waals surface area contributed by atoms with Crippen LogP contribution in [0.1, 0.15) is 10.6 Å². The van der Waals surface area contributed by atoms with Gasteiger partial charge in [-0.1, -0.05) is 0 Å². The number of benzene rings is 1. The highest BCUT2D eigenvalue weighted by Crippen LogP contribution is 2.34. The van der Waals surface area contributed by atoms with E-state index in [0.717, 1.165) is 11.4 Å². The number of ether oxygens (including phenoxy) is 2. The van der Waals surface area contributed by atoms with Gasteiger partial charge in [-0.2, -0.15) is 0 Å². The Morgan fingerprint density at radius 3 is 2.56 bits per heavy atom. The van der Waals surface area contributed by atoms with E-state index in [0.29, 0.717) is 42.8 Å². The zero-order chi connectivity index (χ0) is 17.2. The number of nitrogens with zero attached hydrogens (tertiary/aromatic N) is 2. The first-order chi connectivity index (χ1) is 12.2. The lowest BCUT2D eigenvalue weighted by Crippen LogP contribution is -2.51. The van der Waals surface area contributed by atoms with Crippen LogP contribution in [-0.4, -0.2) is 53.8 Å². The minimum atomic E-state index is -0.0840. The third-order valence-corrected chi connectivity index (χ3v) is 4.57. The quantitative estimate of drug-likeness (QED) is 0.824. The Morgan fingerprint density at radius 2 is 1.80 bits per heavy atom. The summed E-state index contributed by atoms with van der Waals surface area (Å²) in [4.78, 5) is 16.1. The van der Waals surface area contributed by atoms with Gasteiger partial charge in [0.15, 0.2) is 22.4 Å². The molecule has 0 unspecified atom stereocenters. The molecule has 1 saturated heterocycles. The fourth-order valence-corrected chi connectivity index (χ4v) is 3.15. The summed E-state index contributed by atoms with van der Waals surface area (Å²) in [5, 5.41) is 3.84. The van der Waals surface area contributed by atoms with Gasteiger partial charge in [-0.15, -0.1) is 0 Å². The molecule has 0 bridgehead atoms. The van der Waals surface area contributed by atoms with Crippen molar-refractivity contribution < 1.29 is 18.7 Å². The van der Waals surface area contributed by atoms with Crippen molar-refractivity contribution in [2.24, 2.45) is 0 Å². The number of piperazine rings is 1. The normalized spacial score (nSPS) is 16.0. The number of furan rings is 1. The van der Waals surface area contributed by atoms with Gasteiger partial charge in [-0.05, 0) is 36.5 Å². The first kappa shape index (κ1) is 15.8. The van der Waals surface area contributed by atoms with Crippen LogP contribution < -0.4 is 14.8 Å². The molecule has 1 aromatic carbocycles. The lowest BCUT2D eigenvalue weighted by Gasteiger charge is -2.35. The number of carbonyl (C=O) groups excluding carboxylic acids is 1. The standard InChI is InChI=1S/C17H17N3O4S/c21-16(14-2-1-9-22-14)19-5-7-20(8-6-19)17(25)18-12-3-4-13-15(10-12)24-11-23-13/h1-4,9-10H,5-8,11H2,(H,18,25). The molecule has 7 nitrogen and oxygen atoms in total. The maximum atomic E-state index is 12.3. The fraction of sp³-hybridized carbons (Fsp3) is 0.294. The average molecular weight is 359 g/mol. The van der Waals surface area contributed by atoms with Gasteiger partial charge < -0.3 is 29.0 Å². The third-order valence-electron chi connectivity index (χ3n) is 4.21. The third kappa shape index (κ3) is 3.25. The molecule has 0 radical (unpaired) electrons. The van der Waals surface area contributed by atoms with E-state index in [4.69, 9.17) is 26.1 Å². The average Bonchev–Trinajstić information content (AvgIpc) is 3.32. The summed E-state index contributed by atoms with van der Waals surface area (Å²) in [5.41, 5.74) is 0.850. The van der Waals surface area contributed by atoms with Gasteiger partial charge in [-0.25, -0.2) is 0 Å². The number of amides is 1. The second-order valence-electron chi connectivity index (χ2n) is 5.75. The van der Waals surface area contributed by atoms with Gasteiger partial charge in [0.05, 0.1) is 6.26 Å². The Balaban J connectivity index is 1.33. The van der Waals surface area contributed by atoms with E-state index in [-0.39, 0.29) is 12.7 Å². The first-order valence-corrected chi connectivity index (χ1v) is 8.40. The molecule has 25 heavy (non-hydrogen) atoms. The summed E-state index contributed by atoms with van der Waals surface area (Å²) in [5.74, 6) is 1.73.